The van der Waals surface area contributed by atoms with Crippen LogP contribution >= 0.6 is 11.6 Å². The molecule has 0 fully saturated rings. The van der Waals surface area contributed by atoms with E-state index in [2.05, 4.69) is 10.3 Å². The van der Waals surface area contributed by atoms with Crippen molar-refractivity contribution in [2.45, 2.75) is 13.0 Å². The SMILES string of the molecule is COc1ccc(Cl)cc1NC(=O)C(C)OC(=O)c1cc(-c2ccco2)nc2ccccc12. The molecule has 4 aromatic rings. The van der Waals surface area contributed by atoms with Crippen molar-refractivity contribution in [3.8, 4) is 17.2 Å². The molecule has 2 heterocycles. The lowest BCUT2D eigenvalue weighted by molar-refractivity contribution is -0.123. The van der Waals surface area contributed by atoms with E-state index in [1.54, 1.807) is 54.6 Å². The number of fused-ring (bicyclic) bond motifs is 1. The van der Waals surface area contributed by atoms with Crippen LogP contribution in [0.5, 0.6) is 5.75 Å². The molecule has 0 saturated heterocycles. The van der Waals surface area contributed by atoms with E-state index in [9.17, 15) is 9.59 Å². The third-order valence-electron chi connectivity index (χ3n) is 4.78. The van der Waals surface area contributed by atoms with E-state index in [1.807, 2.05) is 6.07 Å². The van der Waals surface area contributed by atoms with Crippen LogP contribution in [0.25, 0.3) is 22.4 Å². The van der Waals surface area contributed by atoms with E-state index in [0.29, 0.717) is 38.8 Å². The quantitative estimate of drug-likeness (QED) is 0.399. The van der Waals surface area contributed by atoms with Crippen LogP contribution in [0.15, 0.2) is 71.3 Å². The molecule has 0 bridgehead atoms. The number of rotatable bonds is 6. The third-order valence-corrected chi connectivity index (χ3v) is 5.02. The van der Waals surface area contributed by atoms with Crippen LogP contribution in [-0.4, -0.2) is 30.1 Å². The first-order valence-electron chi connectivity index (χ1n) is 9.75. The fourth-order valence-corrected chi connectivity index (χ4v) is 3.36. The van der Waals surface area contributed by atoms with Crippen molar-refractivity contribution in [2.75, 3.05) is 12.4 Å². The molecule has 0 spiro atoms. The molecule has 0 aliphatic carbocycles. The van der Waals surface area contributed by atoms with Gasteiger partial charge in [-0.2, -0.15) is 0 Å². The van der Waals surface area contributed by atoms with Crippen LogP contribution in [0.1, 0.15) is 17.3 Å². The zero-order chi connectivity index (χ0) is 22.7. The lowest BCUT2D eigenvalue weighted by Crippen LogP contribution is -2.30. The molecular formula is C24H19ClN2O5. The minimum atomic E-state index is -1.08. The predicted octanol–water partition coefficient (Wildman–Crippen LogP) is 5.34. The summed E-state index contributed by atoms with van der Waals surface area (Å²) in [7, 11) is 1.48. The van der Waals surface area contributed by atoms with Gasteiger partial charge in [-0.1, -0.05) is 29.8 Å². The Morgan fingerprint density at radius 2 is 1.91 bits per heavy atom. The van der Waals surface area contributed by atoms with Crippen molar-refractivity contribution in [1.82, 2.24) is 4.98 Å². The predicted molar refractivity (Wildman–Crippen MR) is 121 cm³/mol. The molecular weight excluding hydrogens is 432 g/mol. The highest BCUT2D eigenvalue weighted by Gasteiger charge is 2.23. The number of nitrogens with zero attached hydrogens (tertiary/aromatic N) is 1. The Kier molecular flexibility index (Phi) is 6.09. The Balaban J connectivity index is 1.58. The van der Waals surface area contributed by atoms with Gasteiger partial charge in [0.05, 0.1) is 30.1 Å². The van der Waals surface area contributed by atoms with Crippen LogP contribution in [0, 0.1) is 0 Å². The zero-order valence-electron chi connectivity index (χ0n) is 17.3. The second-order valence-corrected chi connectivity index (χ2v) is 7.37. The number of methoxy groups -OCH3 is 1. The van der Waals surface area contributed by atoms with Crippen molar-refractivity contribution in [2.24, 2.45) is 0 Å². The van der Waals surface area contributed by atoms with E-state index in [-0.39, 0.29) is 5.56 Å². The van der Waals surface area contributed by atoms with Crippen LogP contribution < -0.4 is 10.1 Å². The molecule has 162 valence electrons. The number of hydrogen-bond acceptors (Lipinski definition) is 6. The van der Waals surface area contributed by atoms with E-state index in [4.69, 9.17) is 25.5 Å². The number of esters is 1. The Morgan fingerprint density at radius 1 is 1.09 bits per heavy atom. The number of pyridine rings is 1. The molecule has 2 aromatic carbocycles. The smallest absolute Gasteiger partial charge is 0.339 e. The van der Waals surface area contributed by atoms with Gasteiger partial charge >= 0.3 is 5.97 Å². The summed E-state index contributed by atoms with van der Waals surface area (Å²) >= 11 is 6.01. The average Bonchev–Trinajstić information content (AvgIpc) is 3.33. The average molecular weight is 451 g/mol. The van der Waals surface area contributed by atoms with Gasteiger partial charge in [0.2, 0.25) is 0 Å². The molecule has 1 unspecified atom stereocenters. The highest BCUT2D eigenvalue weighted by Crippen LogP contribution is 2.29. The van der Waals surface area contributed by atoms with E-state index >= 15 is 0 Å². The summed E-state index contributed by atoms with van der Waals surface area (Å²) < 4.78 is 16.1. The van der Waals surface area contributed by atoms with Gasteiger partial charge in [0.25, 0.3) is 5.91 Å². The van der Waals surface area contributed by atoms with Crippen LogP contribution in [0.4, 0.5) is 5.69 Å². The summed E-state index contributed by atoms with van der Waals surface area (Å²) in [4.78, 5) is 30.2. The van der Waals surface area contributed by atoms with Crippen molar-refractivity contribution >= 4 is 40.1 Å². The molecule has 0 aliphatic heterocycles. The summed E-state index contributed by atoms with van der Waals surface area (Å²) in [6, 6.07) is 17.1. The topological polar surface area (TPSA) is 90.7 Å². The van der Waals surface area contributed by atoms with Crippen molar-refractivity contribution < 1.29 is 23.5 Å². The van der Waals surface area contributed by atoms with Gasteiger partial charge in [0, 0.05) is 10.4 Å². The summed E-state index contributed by atoms with van der Waals surface area (Å²) in [5.74, 6) is -0.228. The van der Waals surface area contributed by atoms with Gasteiger partial charge in [0.1, 0.15) is 11.4 Å². The number of carbonyl (C=O) groups excluding carboxylic acids is 2. The molecule has 0 radical (unpaired) electrons. The number of amides is 1. The number of nitrogens with one attached hydrogen (secondary N) is 1. The maximum absolute atomic E-state index is 13.0. The molecule has 8 heteroatoms. The van der Waals surface area contributed by atoms with Gasteiger partial charge in [-0.25, -0.2) is 9.78 Å². The molecule has 0 saturated carbocycles. The fraction of sp³-hybridized carbons (Fsp3) is 0.125. The van der Waals surface area contributed by atoms with Crippen LogP contribution in [0.2, 0.25) is 5.02 Å². The van der Waals surface area contributed by atoms with Crippen LogP contribution in [0.3, 0.4) is 0 Å². The summed E-state index contributed by atoms with van der Waals surface area (Å²) in [5.41, 5.74) is 1.75. The monoisotopic (exact) mass is 450 g/mol. The lowest BCUT2D eigenvalue weighted by atomic mass is 10.1. The van der Waals surface area contributed by atoms with Crippen molar-refractivity contribution in [3.05, 3.63) is 77.5 Å². The normalized spacial score (nSPS) is 11.7. The Labute approximate surface area is 188 Å². The van der Waals surface area contributed by atoms with E-state index in [1.165, 1.54) is 20.3 Å². The number of furan rings is 1. The van der Waals surface area contributed by atoms with Gasteiger partial charge in [-0.05, 0) is 49.4 Å². The molecule has 32 heavy (non-hydrogen) atoms. The first-order chi connectivity index (χ1) is 15.5. The summed E-state index contributed by atoms with van der Waals surface area (Å²) in [5, 5.41) is 3.72. The first kappa shape index (κ1) is 21.4. The summed E-state index contributed by atoms with van der Waals surface area (Å²) in [6.07, 6.45) is 0.450. The maximum atomic E-state index is 13.0. The Bertz CT molecular complexity index is 1290. The minimum Gasteiger partial charge on any atom is -0.495 e. The number of ether oxygens (including phenoxy) is 2. The molecule has 4 rings (SSSR count). The molecule has 0 aliphatic rings. The highest BCUT2D eigenvalue weighted by atomic mass is 35.5. The van der Waals surface area contributed by atoms with E-state index < -0.39 is 18.0 Å². The lowest BCUT2D eigenvalue weighted by Gasteiger charge is -2.16. The number of anilines is 1. The molecule has 7 nitrogen and oxygen atoms in total. The number of halogens is 1. The number of aromatic nitrogens is 1. The molecule has 2 aromatic heterocycles. The molecule has 1 atom stereocenters. The van der Waals surface area contributed by atoms with Crippen LogP contribution in [-0.2, 0) is 9.53 Å². The standard InChI is InChI=1S/C24H19ClN2O5/c1-14(23(28)27-19-12-15(25)9-10-21(19)30-2)32-24(29)17-13-20(22-8-5-11-31-22)26-18-7-4-3-6-16(17)18/h3-14H,1-2H3,(H,27,28). The molecule has 1 amide bonds. The number of benzene rings is 2. The van der Waals surface area contributed by atoms with Crippen molar-refractivity contribution in [1.29, 1.82) is 0 Å². The van der Waals surface area contributed by atoms with Gasteiger partial charge in [-0.15, -0.1) is 0 Å². The number of carbonyl (C=O) groups is 2. The fourth-order valence-electron chi connectivity index (χ4n) is 3.18. The second-order valence-electron chi connectivity index (χ2n) is 6.93. The maximum Gasteiger partial charge on any atom is 0.339 e. The largest absolute Gasteiger partial charge is 0.495 e. The molecule has 1 N–H and O–H groups in total. The number of hydrogen-bond donors (Lipinski definition) is 1. The van der Waals surface area contributed by atoms with Gasteiger partial charge < -0.3 is 19.2 Å². The van der Waals surface area contributed by atoms with Gasteiger partial charge in [-0.3, -0.25) is 4.79 Å². The Hall–Kier alpha value is -3.84. The van der Waals surface area contributed by atoms with Gasteiger partial charge in [0.15, 0.2) is 11.9 Å². The summed E-state index contributed by atoms with van der Waals surface area (Å²) in [6.45, 7) is 1.49. The van der Waals surface area contributed by atoms with Crippen molar-refractivity contribution in [3.63, 3.8) is 0 Å². The second kappa shape index (κ2) is 9.11. The first-order valence-corrected chi connectivity index (χ1v) is 10.1. The third kappa shape index (κ3) is 4.43. The van der Waals surface area contributed by atoms with E-state index in [0.717, 1.165) is 0 Å². The minimum absolute atomic E-state index is 0.280. The number of para-hydroxylation sites is 1. The zero-order valence-corrected chi connectivity index (χ0v) is 18.1. The Morgan fingerprint density at radius 3 is 2.66 bits per heavy atom. The highest BCUT2D eigenvalue weighted by molar-refractivity contribution is 6.31.